The molecule has 6 nitrogen and oxygen atoms in total. The van der Waals surface area contributed by atoms with E-state index in [1.165, 1.54) is 11.1 Å². The average Bonchev–Trinajstić information content (AvgIpc) is 3.26. The third-order valence-corrected chi connectivity index (χ3v) is 5.79. The highest BCUT2D eigenvalue weighted by Crippen LogP contribution is 2.17. The van der Waals surface area contributed by atoms with E-state index in [2.05, 4.69) is 75.3 Å². The van der Waals surface area contributed by atoms with E-state index in [1.807, 2.05) is 6.20 Å². The predicted octanol–water partition coefficient (Wildman–Crippen LogP) is 3.37. The Bertz CT molecular complexity index is 743. The highest BCUT2D eigenvalue weighted by molar-refractivity contribution is 14.0. The van der Waals surface area contributed by atoms with Crippen LogP contribution in [-0.4, -0.2) is 62.2 Å². The smallest absolute Gasteiger partial charge is 0.191 e. The van der Waals surface area contributed by atoms with E-state index < -0.39 is 0 Å². The molecule has 0 saturated carbocycles. The van der Waals surface area contributed by atoms with Crippen LogP contribution in [0.5, 0.6) is 0 Å². The van der Waals surface area contributed by atoms with Gasteiger partial charge >= 0.3 is 0 Å². The van der Waals surface area contributed by atoms with Gasteiger partial charge in [-0.15, -0.1) is 24.0 Å². The van der Waals surface area contributed by atoms with Crippen LogP contribution in [0.3, 0.4) is 0 Å². The molecular formula is C21H33IN6S. The second-order valence-corrected chi connectivity index (χ2v) is 8.13. The Morgan fingerprint density at radius 1 is 1.24 bits per heavy atom. The molecule has 29 heavy (non-hydrogen) atoms. The Morgan fingerprint density at radius 3 is 2.72 bits per heavy atom. The van der Waals surface area contributed by atoms with E-state index in [4.69, 9.17) is 4.99 Å². The van der Waals surface area contributed by atoms with Gasteiger partial charge in [0.15, 0.2) is 5.96 Å². The van der Waals surface area contributed by atoms with Crippen LogP contribution in [-0.2, 0) is 6.54 Å². The fourth-order valence-corrected chi connectivity index (χ4v) is 3.98. The molecule has 1 fully saturated rings. The van der Waals surface area contributed by atoms with Gasteiger partial charge in [0, 0.05) is 45.5 Å². The Balaban J connectivity index is 0.00000300. The summed E-state index contributed by atoms with van der Waals surface area (Å²) in [6, 6.07) is 6.42. The topological polar surface area (TPSA) is 55.8 Å². The van der Waals surface area contributed by atoms with Crippen LogP contribution in [0.2, 0.25) is 0 Å². The van der Waals surface area contributed by atoms with E-state index in [-0.39, 0.29) is 24.0 Å². The number of aromatic nitrogens is 1. The Labute approximate surface area is 195 Å². The molecule has 1 atom stereocenters. The van der Waals surface area contributed by atoms with Crippen molar-refractivity contribution >= 4 is 47.1 Å². The number of guanidine groups is 1. The number of hydrogen-bond donors (Lipinski definition) is 2. The maximum Gasteiger partial charge on any atom is 0.191 e. The summed E-state index contributed by atoms with van der Waals surface area (Å²) in [4.78, 5) is 14.1. The average molecular weight is 529 g/mol. The summed E-state index contributed by atoms with van der Waals surface area (Å²) in [7, 11) is 2.17. The number of pyridine rings is 1. The number of nitrogens with zero attached hydrogens (tertiary/aromatic N) is 4. The van der Waals surface area contributed by atoms with Crippen LogP contribution in [0.1, 0.15) is 30.9 Å². The standard InChI is InChI=1S/C21H32N6S.HI/c1-4-22-21(24-14-17(2)19-6-12-28-16-19)25-15-18-5-7-23-20(13-18)27-10-8-26(3)9-11-27;/h5-7,12-13,16-17H,4,8-11,14-15H2,1-3H3,(H2,22,24,25);1H. The zero-order chi connectivity index (χ0) is 19.8. The van der Waals surface area contributed by atoms with Crippen molar-refractivity contribution in [3.8, 4) is 0 Å². The fraction of sp³-hybridized carbons (Fsp3) is 0.524. The summed E-state index contributed by atoms with van der Waals surface area (Å²) in [5.41, 5.74) is 2.56. The maximum atomic E-state index is 4.78. The molecule has 0 radical (unpaired) electrons. The first-order chi connectivity index (χ1) is 13.7. The lowest BCUT2D eigenvalue weighted by atomic mass is 10.1. The Hall–Kier alpha value is -1.39. The van der Waals surface area contributed by atoms with Gasteiger partial charge in [0.25, 0.3) is 0 Å². The van der Waals surface area contributed by atoms with Gasteiger partial charge in [-0.3, -0.25) is 0 Å². The summed E-state index contributed by atoms with van der Waals surface area (Å²) in [6.45, 7) is 10.9. The highest BCUT2D eigenvalue weighted by Gasteiger charge is 2.15. The van der Waals surface area contributed by atoms with Gasteiger partial charge < -0.3 is 20.4 Å². The first kappa shape index (κ1) is 23.9. The molecule has 1 unspecified atom stereocenters. The van der Waals surface area contributed by atoms with E-state index in [0.29, 0.717) is 12.5 Å². The molecule has 3 heterocycles. The van der Waals surface area contributed by atoms with E-state index in [1.54, 1.807) is 11.3 Å². The molecule has 3 rings (SSSR count). The molecule has 0 aliphatic carbocycles. The van der Waals surface area contributed by atoms with Crippen molar-refractivity contribution in [1.82, 2.24) is 20.5 Å². The fourth-order valence-electron chi connectivity index (χ4n) is 3.20. The summed E-state index contributed by atoms with van der Waals surface area (Å²) in [6.07, 6.45) is 1.90. The lowest BCUT2D eigenvalue weighted by Crippen LogP contribution is -2.44. The largest absolute Gasteiger partial charge is 0.357 e. The molecule has 0 amide bonds. The first-order valence-electron chi connectivity index (χ1n) is 10.1. The molecule has 2 aromatic heterocycles. The molecule has 8 heteroatoms. The number of hydrogen-bond acceptors (Lipinski definition) is 5. The first-order valence-corrected chi connectivity index (χ1v) is 11.0. The molecule has 0 bridgehead atoms. The quantitative estimate of drug-likeness (QED) is 0.328. The van der Waals surface area contributed by atoms with Gasteiger partial charge in [-0.1, -0.05) is 6.92 Å². The maximum absolute atomic E-state index is 4.78. The number of piperazine rings is 1. The monoisotopic (exact) mass is 528 g/mol. The van der Waals surface area contributed by atoms with Crippen LogP contribution < -0.4 is 15.5 Å². The minimum Gasteiger partial charge on any atom is -0.357 e. The Morgan fingerprint density at radius 2 is 2.03 bits per heavy atom. The molecule has 1 saturated heterocycles. The minimum absolute atomic E-state index is 0. The van der Waals surface area contributed by atoms with Crippen molar-refractivity contribution in [3.63, 3.8) is 0 Å². The number of nitrogens with one attached hydrogen (secondary N) is 2. The van der Waals surface area contributed by atoms with E-state index in [9.17, 15) is 0 Å². The number of aliphatic imine (C=N–C) groups is 1. The molecular weight excluding hydrogens is 495 g/mol. The zero-order valence-corrected chi connectivity index (χ0v) is 20.7. The molecule has 1 aliphatic heterocycles. The molecule has 2 aromatic rings. The van der Waals surface area contributed by atoms with Crippen molar-refractivity contribution in [1.29, 1.82) is 0 Å². The number of likely N-dealkylation sites (N-methyl/N-ethyl adjacent to an activating group) is 1. The minimum atomic E-state index is 0. The summed E-state index contributed by atoms with van der Waals surface area (Å²) in [5.74, 6) is 2.38. The zero-order valence-electron chi connectivity index (χ0n) is 17.6. The third-order valence-electron chi connectivity index (χ3n) is 5.09. The molecule has 160 valence electrons. The van der Waals surface area contributed by atoms with Crippen LogP contribution in [0.4, 0.5) is 5.82 Å². The number of anilines is 1. The van der Waals surface area contributed by atoms with Crippen molar-refractivity contribution in [2.75, 3.05) is 51.2 Å². The van der Waals surface area contributed by atoms with Crippen molar-refractivity contribution < 1.29 is 0 Å². The summed E-state index contributed by atoms with van der Waals surface area (Å²) >= 11 is 1.75. The lowest BCUT2D eigenvalue weighted by molar-refractivity contribution is 0.312. The van der Waals surface area contributed by atoms with Crippen molar-refractivity contribution in [2.45, 2.75) is 26.3 Å². The summed E-state index contributed by atoms with van der Waals surface area (Å²) in [5, 5.41) is 11.2. The van der Waals surface area contributed by atoms with Gasteiger partial charge in [-0.2, -0.15) is 11.3 Å². The van der Waals surface area contributed by atoms with Crippen LogP contribution >= 0.6 is 35.3 Å². The number of halogens is 1. The predicted molar refractivity (Wildman–Crippen MR) is 135 cm³/mol. The lowest BCUT2D eigenvalue weighted by Gasteiger charge is -2.33. The van der Waals surface area contributed by atoms with Gasteiger partial charge in [0.05, 0.1) is 6.54 Å². The van der Waals surface area contributed by atoms with Crippen LogP contribution in [0.15, 0.2) is 40.1 Å². The molecule has 0 aromatic carbocycles. The van der Waals surface area contributed by atoms with E-state index >= 15 is 0 Å². The molecule has 0 spiro atoms. The van der Waals surface area contributed by atoms with Crippen LogP contribution in [0.25, 0.3) is 0 Å². The second-order valence-electron chi connectivity index (χ2n) is 7.35. The SMILES string of the molecule is CCNC(=NCc1ccnc(N2CCN(C)CC2)c1)NCC(C)c1ccsc1.I. The van der Waals surface area contributed by atoms with Gasteiger partial charge in [-0.25, -0.2) is 9.98 Å². The second kappa shape index (κ2) is 12.3. The number of rotatable bonds is 7. The summed E-state index contributed by atoms with van der Waals surface area (Å²) < 4.78 is 0. The highest BCUT2D eigenvalue weighted by atomic mass is 127. The molecule has 1 aliphatic rings. The van der Waals surface area contributed by atoms with E-state index in [0.717, 1.165) is 51.0 Å². The van der Waals surface area contributed by atoms with Crippen molar-refractivity contribution in [2.24, 2.45) is 4.99 Å². The Kier molecular flexibility index (Phi) is 10.2. The third kappa shape index (κ3) is 7.42. The van der Waals surface area contributed by atoms with Crippen LogP contribution in [0, 0.1) is 0 Å². The number of thiophene rings is 1. The van der Waals surface area contributed by atoms with Gasteiger partial charge in [-0.05, 0) is 60.0 Å². The van der Waals surface area contributed by atoms with Crippen molar-refractivity contribution in [3.05, 3.63) is 46.3 Å². The molecule has 2 N–H and O–H groups in total. The van der Waals surface area contributed by atoms with Gasteiger partial charge in [0.2, 0.25) is 0 Å². The van der Waals surface area contributed by atoms with Gasteiger partial charge in [0.1, 0.15) is 5.82 Å². The normalized spacial score (nSPS) is 16.2.